The lowest BCUT2D eigenvalue weighted by molar-refractivity contribution is 0.0627. The van der Waals surface area contributed by atoms with Crippen LogP contribution in [0.15, 0.2) is 71.9 Å². The van der Waals surface area contributed by atoms with Gasteiger partial charge >= 0.3 is 6.09 Å². The minimum atomic E-state index is -0.429. The number of carbonyl (C=O) groups is 2. The summed E-state index contributed by atoms with van der Waals surface area (Å²) in [6.07, 6.45) is 6.10. The van der Waals surface area contributed by atoms with Crippen LogP contribution in [0.25, 0.3) is 11.3 Å². The van der Waals surface area contributed by atoms with Gasteiger partial charge in [-0.05, 0) is 31.4 Å². The van der Waals surface area contributed by atoms with Crippen LogP contribution in [0.2, 0.25) is 0 Å². The second-order valence-electron chi connectivity index (χ2n) is 10.1. The minimum absolute atomic E-state index is 0.0109. The van der Waals surface area contributed by atoms with Gasteiger partial charge in [0.25, 0.3) is 5.91 Å². The van der Waals surface area contributed by atoms with E-state index < -0.39 is 6.09 Å². The predicted octanol–water partition coefficient (Wildman–Crippen LogP) is 4.99. The van der Waals surface area contributed by atoms with Gasteiger partial charge in [-0.2, -0.15) is 0 Å². The SMILES string of the molecule is COC(=O)N[C@H]1CCCC[C@@H]1n1cnc(C(=O)N2CCNC[C@H]2CCSc2ccccc2)c1-c1ccccc1. The van der Waals surface area contributed by atoms with E-state index in [-0.39, 0.29) is 24.0 Å². The molecule has 2 aromatic carbocycles. The molecule has 1 aliphatic carbocycles. The Morgan fingerprint density at radius 1 is 1.08 bits per heavy atom. The number of imidazole rings is 1. The Kier molecular flexibility index (Phi) is 9.21. The van der Waals surface area contributed by atoms with Crippen LogP contribution in [0, 0.1) is 0 Å². The summed E-state index contributed by atoms with van der Waals surface area (Å²) in [5.41, 5.74) is 2.25. The fraction of sp³-hybridized carbons (Fsp3) is 0.433. The Hall–Kier alpha value is -3.30. The second kappa shape index (κ2) is 13.2. The quantitative estimate of drug-likeness (QED) is 0.387. The highest BCUT2D eigenvalue weighted by Crippen LogP contribution is 2.35. The summed E-state index contributed by atoms with van der Waals surface area (Å²) >= 11 is 1.82. The van der Waals surface area contributed by atoms with Crippen molar-refractivity contribution in [3.63, 3.8) is 0 Å². The first-order chi connectivity index (χ1) is 19.2. The molecule has 1 saturated heterocycles. The largest absolute Gasteiger partial charge is 0.453 e. The number of hydrogen-bond donors (Lipinski definition) is 2. The van der Waals surface area contributed by atoms with Gasteiger partial charge in [0.05, 0.1) is 31.2 Å². The summed E-state index contributed by atoms with van der Waals surface area (Å²) in [6.45, 7) is 2.19. The van der Waals surface area contributed by atoms with Crippen LogP contribution in [0.3, 0.4) is 0 Å². The maximum atomic E-state index is 14.2. The summed E-state index contributed by atoms with van der Waals surface area (Å²) in [7, 11) is 1.39. The molecule has 3 atom stereocenters. The Labute approximate surface area is 234 Å². The van der Waals surface area contributed by atoms with E-state index in [1.807, 2.05) is 53.1 Å². The van der Waals surface area contributed by atoms with E-state index in [0.717, 1.165) is 62.2 Å². The fourth-order valence-corrected chi connectivity index (χ4v) is 6.70. The van der Waals surface area contributed by atoms with E-state index in [9.17, 15) is 9.59 Å². The van der Waals surface area contributed by atoms with Crippen LogP contribution in [0.5, 0.6) is 0 Å². The van der Waals surface area contributed by atoms with Crippen LogP contribution in [-0.4, -0.2) is 71.0 Å². The van der Waals surface area contributed by atoms with E-state index >= 15 is 0 Å². The average molecular weight is 548 g/mol. The standard InChI is InChI=1S/C30H37N5O3S/c1-38-30(37)33-25-14-8-9-15-26(25)35-21-32-27(28(35)22-10-4-2-5-11-22)29(36)34-18-17-31-20-23(34)16-19-39-24-12-6-3-7-13-24/h2-7,10-13,21,23,25-26,31H,8-9,14-20H2,1H3,(H,33,37)/t23-,25+,26+/m1/s1. The third-order valence-corrected chi connectivity index (χ3v) is 8.74. The fourth-order valence-electron chi connectivity index (χ4n) is 5.73. The lowest BCUT2D eigenvalue weighted by Crippen LogP contribution is -2.54. The number of carbonyl (C=O) groups excluding carboxylic acids is 2. The molecule has 2 N–H and O–H groups in total. The van der Waals surface area contributed by atoms with Gasteiger partial charge in [-0.15, -0.1) is 11.8 Å². The number of piperazine rings is 1. The molecule has 1 saturated carbocycles. The zero-order chi connectivity index (χ0) is 27.0. The van der Waals surface area contributed by atoms with E-state index in [1.54, 1.807) is 6.33 Å². The zero-order valence-electron chi connectivity index (χ0n) is 22.4. The molecule has 2 amide bonds. The predicted molar refractivity (Wildman–Crippen MR) is 154 cm³/mol. The highest BCUT2D eigenvalue weighted by atomic mass is 32.2. The summed E-state index contributed by atoms with van der Waals surface area (Å²) < 4.78 is 7.02. The Bertz CT molecular complexity index is 1240. The molecule has 206 valence electrons. The van der Waals surface area contributed by atoms with E-state index in [4.69, 9.17) is 9.72 Å². The molecule has 8 nitrogen and oxygen atoms in total. The normalized spacial score (nSPS) is 21.4. The van der Waals surface area contributed by atoms with Gasteiger partial charge in [0, 0.05) is 41.9 Å². The van der Waals surface area contributed by atoms with Crippen molar-refractivity contribution < 1.29 is 14.3 Å². The van der Waals surface area contributed by atoms with E-state index in [1.165, 1.54) is 12.0 Å². The van der Waals surface area contributed by atoms with Crippen molar-refractivity contribution in [1.82, 2.24) is 25.1 Å². The van der Waals surface area contributed by atoms with Gasteiger partial charge < -0.3 is 24.8 Å². The molecule has 2 heterocycles. The monoisotopic (exact) mass is 547 g/mol. The summed E-state index contributed by atoms with van der Waals surface area (Å²) in [4.78, 5) is 34.3. The molecule has 0 bridgehead atoms. The molecule has 1 aromatic heterocycles. The van der Waals surface area contributed by atoms with Crippen molar-refractivity contribution >= 4 is 23.8 Å². The molecule has 5 rings (SSSR count). The number of amides is 2. The molecule has 0 spiro atoms. The smallest absolute Gasteiger partial charge is 0.407 e. The number of benzene rings is 2. The number of nitrogens with zero attached hydrogens (tertiary/aromatic N) is 3. The summed E-state index contributed by atoms with van der Waals surface area (Å²) in [6, 6.07) is 20.4. The Morgan fingerprint density at radius 3 is 2.59 bits per heavy atom. The molecule has 2 fully saturated rings. The third-order valence-electron chi connectivity index (χ3n) is 7.69. The van der Waals surface area contributed by atoms with Gasteiger partial charge in [-0.1, -0.05) is 61.4 Å². The van der Waals surface area contributed by atoms with Crippen molar-refractivity contribution in [2.75, 3.05) is 32.5 Å². The summed E-state index contributed by atoms with van der Waals surface area (Å²) in [5, 5.41) is 6.50. The van der Waals surface area contributed by atoms with Gasteiger partial charge in [-0.25, -0.2) is 9.78 Å². The third kappa shape index (κ3) is 6.47. The second-order valence-corrected chi connectivity index (χ2v) is 11.3. The highest BCUT2D eigenvalue weighted by molar-refractivity contribution is 7.99. The first-order valence-electron chi connectivity index (χ1n) is 13.8. The molecule has 0 radical (unpaired) electrons. The Balaban J connectivity index is 1.42. The number of nitrogens with one attached hydrogen (secondary N) is 2. The lowest BCUT2D eigenvalue weighted by Gasteiger charge is -2.36. The number of methoxy groups -OCH3 is 1. The van der Waals surface area contributed by atoms with Crippen LogP contribution >= 0.6 is 11.8 Å². The topological polar surface area (TPSA) is 88.5 Å². The van der Waals surface area contributed by atoms with E-state index in [0.29, 0.717) is 12.2 Å². The number of aromatic nitrogens is 2. The van der Waals surface area contributed by atoms with Crippen molar-refractivity contribution in [1.29, 1.82) is 0 Å². The molecular formula is C30H37N5O3S. The number of alkyl carbamates (subject to hydrolysis) is 1. The molecule has 3 aromatic rings. The number of hydrogen-bond acceptors (Lipinski definition) is 6. The highest BCUT2D eigenvalue weighted by Gasteiger charge is 2.35. The molecule has 2 aliphatic rings. The Morgan fingerprint density at radius 2 is 1.82 bits per heavy atom. The first-order valence-corrected chi connectivity index (χ1v) is 14.8. The summed E-state index contributed by atoms with van der Waals surface area (Å²) in [5.74, 6) is 0.903. The molecule has 9 heteroatoms. The number of ether oxygens (including phenoxy) is 1. The average Bonchev–Trinajstić information content (AvgIpc) is 3.43. The molecule has 1 aliphatic heterocycles. The van der Waals surface area contributed by atoms with Crippen LogP contribution < -0.4 is 10.6 Å². The van der Waals surface area contributed by atoms with Gasteiger partial charge in [-0.3, -0.25) is 4.79 Å². The first kappa shape index (κ1) is 27.3. The number of thioether (sulfide) groups is 1. The van der Waals surface area contributed by atoms with Gasteiger partial charge in [0.1, 0.15) is 0 Å². The van der Waals surface area contributed by atoms with Crippen molar-refractivity contribution in [3.05, 3.63) is 72.7 Å². The van der Waals surface area contributed by atoms with E-state index in [2.05, 4.69) is 39.5 Å². The maximum absolute atomic E-state index is 14.2. The molecule has 39 heavy (non-hydrogen) atoms. The van der Waals surface area contributed by atoms with Crippen LogP contribution in [0.1, 0.15) is 48.6 Å². The maximum Gasteiger partial charge on any atom is 0.407 e. The lowest BCUT2D eigenvalue weighted by atomic mass is 9.89. The van der Waals surface area contributed by atoms with Gasteiger partial charge in [0.15, 0.2) is 5.69 Å². The van der Waals surface area contributed by atoms with Crippen molar-refractivity contribution in [2.24, 2.45) is 0 Å². The van der Waals surface area contributed by atoms with Crippen LogP contribution in [-0.2, 0) is 4.74 Å². The minimum Gasteiger partial charge on any atom is -0.453 e. The van der Waals surface area contributed by atoms with Crippen molar-refractivity contribution in [3.8, 4) is 11.3 Å². The van der Waals surface area contributed by atoms with Crippen molar-refractivity contribution in [2.45, 2.75) is 55.1 Å². The van der Waals surface area contributed by atoms with Gasteiger partial charge in [0.2, 0.25) is 0 Å². The zero-order valence-corrected chi connectivity index (χ0v) is 23.2. The molecule has 0 unspecified atom stereocenters. The molecular weight excluding hydrogens is 510 g/mol. The number of rotatable bonds is 8. The van der Waals surface area contributed by atoms with Crippen LogP contribution in [0.4, 0.5) is 4.79 Å².